The van der Waals surface area contributed by atoms with Crippen molar-refractivity contribution in [2.45, 2.75) is 75.7 Å². The minimum absolute atomic E-state index is 0.0586. The molecule has 0 bridgehead atoms. The SMILES string of the molecule is CC[C@H](C(=O)NC1CCCC1)N(Cc1ccc(Cl)c(Cl)c1)C(=O)CN(c1ccc(Cl)c(C(F)(F)F)c1)S(=O)(=O)c1ccc(C)cc1. The molecule has 4 rings (SSSR count). The molecule has 1 saturated carbocycles. The van der Waals surface area contributed by atoms with E-state index in [1.807, 2.05) is 0 Å². The molecule has 0 saturated heterocycles. The zero-order valence-corrected chi connectivity index (χ0v) is 28.2. The van der Waals surface area contributed by atoms with Crippen LogP contribution in [-0.4, -0.2) is 43.8 Å². The van der Waals surface area contributed by atoms with Crippen LogP contribution in [0.25, 0.3) is 0 Å². The number of hydrogen-bond donors (Lipinski definition) is 1. The highest BCUT2D eigenvalue weighted by atomic mass is 35.5. The lowest BCUT2D eigenvalue weighted by atomic mass is 10.1. The van der Waals surface area contributed by atoms with Gasteiger partial charge in [0.05, 0.1) is 31.2 Å². The van der Waals surface area contributed by atoms with Crippen LogP contribution in [-0.2, 0) is 32.3 Å². The summed E-state index contributed by atoms with van der Waals surface area (Å²) in [5, 5.41) is 2.84. The van der Waals surface area contributed by atoms with Gasteiger partial charge in [0.1, 0.15) is 12.6 Å². The third-order valence-corrected chi connectivity index (χ3v) is 10.7. The van der Waals surface area contributed by atoms with Gasteiger partial charge in [-0.05, 0) is 74.2 Å². The number of carbonyl (C=O) groups excluding carboxylic acids is 2. The van der Waals surface area contributed by atoms with Crippen molar-refractivity contribution in [3.8, 4) is 0 Å². The standard InChI is InChI=1S/C32H33Cl3F3N3O4S/c1-3-29(31(43)39-22-6-4-5-7-22)40(18-21-10-14-27(34)28(35)16-21)30(42)19-41(46(44,45)24-12-8-20(2)9-13-24)23-11-15-26(33)25(17-23)32(36,37)38/h8-17,22,29H,3-7,18-19H2,1-2H3,(H,39,43)/t29-/m1/s1. The molecular formula is C32H33Cl3F3N3O4S. The van der Waals surface area contributed by atoms with Crippen LogP contribution in [0.15, 0.2) is 65.6 Å². The zero-order valence-electron chi connectivity index (χ0n) is 25.1. The maximum absolute atomic E-state index is 14.2. The van der Waals surface area contributed by atoms with Crippen molar-refractivity contribution < 1.29 is 31.2 Å². The van der Waals surface area contributed by atoms with Gasteiger partial charge in [0, 0.05) is 12.6 Å². The molecule has 1 aliphatic carbocycles. The van der Waals surface area contributed by atoms with Crippen molar-refractivity contribution >= 4 is 62.3 Å². The molecule has 1 atom stereocenters. The number of nitrogens with zero attached hydrogens (tertiary/aromatic N) is 2. The molecule has 1 N–H and O–H groups in total. The summed E-state index contributed by atoms with van der Waals surface area (Å²) in [5.74, 6) is -1.24. The topological polar surface area (TPSA) is 86.8 Å². The lowest BCUT2D eigenvalue weighted by Crippen LogP contribution is -2.53. The van der Waals surface area contributed by atoms with Gasteiger partial charge in [-0.1, -0.05) is 78.3 Å². The molecule has 3 aromatic rings. The van der Waals surface area contributed by atoms with Crippen LogP contribution in [0.3, 0.4) is 0 Å². The Kier molecular flexibility index (Phi) is 11.6. The van der Waals surface area contributed by atoms with Crippen LogP contribution < -0.4 is 9.62 Å². The van der Waals surface area contributed by atoms with Crippen LogP contribution in [0.1, 0.15) is 55.7 Å². The van der Waals surface area contributed by atoms with Crippen LogP contribution in [0.2, 0.25) is 15.1 Å². The number of carbonyl (C=O) groups is 2. The van der Waals surface area contributed by atoms with E-state index in [9.17, 15) is 31.2 Å². The third kappa shape index (κ3) is 8.48. The quantitative estimate of drug-likeness (QED) is 0.218. The summed E-state index contributed by atoms with van der Waals surface area (Å²) >= 11 is 18.2. The van der Waals surface area contributed by atoms with E-state index >= 15 is 0 Å². The molecule has 7 nitrogen and oxygen atoms in total. The van der Waals surface area contributed by atoms with Crippen LogP contribution in [0.4, 0.5) is 18.9 Å². The highest BCUT2D eigenvalue weighted by molar-refractivity contribution is 7.92. The predicted octanol–water partition coefficient (Wildman–Crippen LogP) is 8.04. The van der Waals surface area contributed by atoms with Crippen LogP contribution in [0.5, 0.6) is 0 Å². The Bertz CT molecular complexity index is 1680. The van der Waals surface area contributed by atoms with E-state index in [-0.39, 0.29) is 33.9 Å². The molecule has 0 aromatic heterocycles. The number of rotatable bonds is 11. The first-order chi connectivity index (χ1) is 21.6. The molecule has 14 heteroatoms. The fourth-order valence-corrected chi connectivity index (χ4v) is 7.32. The van der Waals surface area contributed by atoms with Crippen molar-refractivity contribution in [1.29, 1.82) is 0 Å². The van der Waals surface area contributed by atoms with E-state index in [1.54, 1.807) is 19.9 Å². The van der Waals surface area contributed by atoms with Crippen LogP contribution >= 0.6 is 34.8 Å². The van der Waals surface area contributed by atoms with Gasteiger partial charge in [-0.3, -0.25) is 13.9 Å². The number of amides is 2. The van der Waals surface area contributed by atoms with E-state index in [0.717, 1.165) is 43.4 Å². The predicted molar refractivity (Wildman–Crippen MR) is 174 cm³/mol. The summed E-state index contributed by atoms with van der Waals surface area (Å²) in [6, 6.07) is 11.9. The van der Waals surface area contributed by atoms with E-state index in [0.29, 0.717) is 15.9 Å². The van der Waals surface area contributed by atoms with E-state index in [1.165, 1.54) is 41.3 Å². The number of sulfonamides is 1. The van der Waals surface area contributed by atoms with Crippen molar-refractivity contribution in [3.63, 3.8) is 0 Å². The number of hydrogen-bond acceptors (Lipinski definition) is 4. The van der Waals surface area contributed by atoms with Crippen molar-refractivity contribution in [3.05, 3.63) is 92.4 Å². The first kappa shape index (κ1) is 35.9. The number of benzene rings is 3. The Hall–Kier alpha value is -2.99. The Balaban J connectivity index is 1.79. The average Bonchev–Trinajstić information content (AvgIpc) is 3.50. The fourth-order valence-electron chi connectivity index (χ4n) is 5.37. The summed E-state index contributed by atoms with van der Waals surface area (Å²) < 4.78 is 70.2. The summed E-state index contributed by atoms with van der Waals surface area (Å²) in [6.07, 6.45) is -1.22. The van der Waals surface area contributed by atoms with Gasteiger partial charge in [0.2, 0.25) is 11.8 Å². The maximum Gasteiger partial charge on any atom is 0.417 e. The van der Waals surface area contributed by atoms with Gasteiger partial charge in [-0.15, -0.1) is 0 Å². The first-order valence-electron chi connectivity index (χ1n) is 14.6. The minimum atomic E-state index is -4.90. The summed E-state index contributed by atoms with van der Waals surface area (Å²) in [4.78, 5) is 28.8. The molecule has 248 valence electrons. The van der Waals surface area contributed by atoms with Gasteiger partial charge in [0.15, 0.2) is 0 Å². The Labute approximate surface area is 281 Å². The minimum Gasteiger partial charge on any atom is -0.352 e. The lowest BCUT2D eigenvalue weighted by molar-refractivity contribution is -0.140. The number of aryl methyl sites for hydroxylation is 1. The average molecular weight is 719 g/mol. The Morgan fingerprint density at radius 2 is 1.57 bits per heavy atom. The Morgan fingerprint density at radius 1 is 0.935 bits per heavy atom. The highest BCUT2D eigenvalue weighted by Crippen LogP contribution is 2.38. The molecule has 3 aromatic carbocycles. The van der Waals surface area contributed by atoms with Crippen LogP contribution in [0, 0.1) is 6.92 Å². The molecular weight excluding hydrogens is 686 g/mol. The molecule has 1 aliphatic rings. The number of alkyl halides is 3. The first-order valence-corrected chi connectivity index (χ1v) is 17.2. The Morgan fingerprint density at radius 3 is 2.15 bits per heavy atom. The third-order valence-electron chi connectivity index (χ3n) is 7.86. The van der Waals surface area contributed by atoms with Gasteiger partial charge >= 0.3 is 6.18 Å². The molecule has 0 aliphatic heterocycles. The van der Waals surface area contributed by atoms with Gasteiger partial charge in [-0.2, -0.15) is 13.2 Å². The molecule has 0 unspecified atom stereocenters. The molecule has 46 heavy (non-hydrogen) atoms. The molecule has 1 fully saturated rings. The zero-order chi connectivity index (χ0) is 33.8. The van der Waals surface area contributed by atoms with E-state index in [4.69, 9.17) is 34.8 Å². The number of nitrogens with one attached hydrogen (secondary N) is 1. The summed E-state index contributed by atoms with van der Waals surface area (Å²) in [5.41, 5.74) is -0.435. The van der Waals surface area contributed by atoms with Gasteiger partial charge < -0.3 is 10.2 Å². The molecule has 0 radical (unpaired) electrons. The summed E-state index contributed by atoms with van der Waals surface area (Å²) in [7, 11) is -4.59. The largest absolute Gasteiger partial charge is 0.417 e. The maximum atomic E-state index is 14.2. The van der Waals surface area contributed by atoms with Crippen molar-refractivity contribution in [1.82, 2.24) is 10.2 Å². The fraction of sp³-hybridized carbons (Fsp3) is 0.375. The summed E-state index contributed by atoms with van der Waals surface area (Å²) in [6.45, 7) is 2.39. The van der Waals surface area contributed by atoms with Gasteiger partial charge in [0.25, 0.3) is 10.0 Å². The molecule has 0 heterocycles. The number of anilines is 1. The second-order valence-electron chi connectivity index (χ2n) is 11.2. The monoisotopic (exact) mass is 717 g/mol. The van der Waals surface area contributed by atoms with Gasteiger partial charge in [-0.25, -0.2) is 8.42 Å². The second-order valence-corrected chi connectivity index (χ2v) is 14.3. The van der Waals surface area contributed by atoms with E-state index in [2.05, 4.69) is 5.32 Å². The van der Waals surface area contributed by atoms with Crippen molar-refractivity contribution in [2.75, 3.05) is 10.8 Å². The highest BCUT2D eigenvalue weighted by Gasteiger charge is 2.37. The van der Waals surface area contributed by atoms with Crippen molar-refractivity contribution in [2.24, 2.45) is 0 Å². The molecule has 0 spiro atoms. The molecule has 2 amide bonds. The second kappa shape index (κ2) is 14.8. The normalized spacial score (nSPS) is 14.6. The van der Waals surface area contributed by atoms with E-state index < -0.39 is 56.9 Å². The smallest absolute Gasteiger partial charge is 0.352 e. The lowest BCUT2D eigenvalue weighted by Gasteiger charge is -2.34. The number of halogens is 6.